The number of hydrogen-bond acceptors (Lipinski definition) is 5. The number of halogens is 2. The van der Waals surface area contributed by atoms with Gasteiger partial charge in [0.2, 0.25) is 10.0 Å². The van der Waals surface area contributed by atoms with E-state index in [4.69, 9.17) is 16.3 Å². The van der Waals surface area contributed by atoms with Gasteiger partial charge in [-0.1, -0.05) is 29.8 Å². The fraction of sp³-hybridized carbons (Fsp3) is 0.350. The second-order valence-corrected chi connectivity index (χ2v) is 9.20. The van der Waals surface area contributed by atoms with Crippen molar-refractivity contribution >= 4 is 27.6 Å². The minimum Gasteiger partial charge on any atom is -0.468 e. The first-order valence-electron chi connectivity index (χ1n) is 9.07. The maximum Gasteiger partial charge on any atom is 0.327 e. The van der Waals surface area contributed by atoms with Gasteiger partial charge in [0.1, 0.15) is 11.9 Å². The topological polar surface area (TPSA) is 66.9 Å². The number of rotatable bonds is 5. The van der Waals surface area contributed by atoms with Crippen LogP contribution < -0.4 is 0 Å². The Morgan fingerprint density at radius 1 is 1.10 bits per heavy atom. The number of nitrogens with zero attached hydrogens (tertiary/aromatic N) is 2. The summed E-state index contributed by atoms with van der Waals surface area (Å²) in [6.07, 6.45) is 0. The Bertz CT molecular complexity index is 990. The average molecular weight is 441 g/mol. The fourth-order valence-corrected chi connectivity index (χ4v) is 4.90. The Kier molecular flexibility index (Phi) is 6.58. The number of aryl methyl sites for hydroxylation is 1. The number of ether oxygens (including phenoxy) is 1. The minimum absolute atomic E-state index is 0.0729. The van der Waals surface area contributed by atoms with Gasteiger partial charge < -0.3 is 4.74 Å². The summed E-state index contributed by atoms with van der Waals surface area (Å²) in [7, 11) is -2.50. The van der Waals surface area contributed by atoms with Crippen LogP contribution in [0.2, 0.25) is 5.02 Å². The van der Waals surface area contributed by atoms with E-state index in [9.17, 15) is 17.6 Å². The normalized spacial score (nSPS) is 17.1. The molecule has 3 rings (SSSR count). The Morgan fingerprint density at radius 2 is 1.72 bits per heavy atom. The molecular formula is C20H22ClFN2O4S. The van der Waals surface area contributed by atoms with Crippen LogP contribution in [0.15, 0.2) is 47.4 Å². The van der Waals surface area contributed by atoms with Crippen LogP contribution in [-0.2, 0) is 19.6 Å². The molecule has 0 amide bonds. The maximum atomic E-state index is 13.8. The molecule has 1 atom stereocenters. The third kappa shape index (κ3) is 4.61. The maximum absolute atomic E-state index is 13.8. The van der Waals surface area contributed by atoms with E-state index in [-0.39, 0.29) is 18.0 Å². The van der Waals surface area contributed by atoms with E-state index in [0.29, 0.717) is 23.7 Å². The predicted molar refractivity (Wildman–Crippen MR) is 108 cm³/mol. The number of sulfonamides is 1. The number of methoxy groups -OCH3 is 1. The van der Waals surface area contributed by atoms with E-state index >= 15 is 0 Å². The van der Waals surface area contributed by atoms with Gasteiger partial charge in [0, 0.05) is 31.2 Å². The van der Waals surface area contributed by atoms with Gasteiger partial charge in [0.15, 0.2) is 0 Å². The summed E-state index contributed by atoms with van der Waals surface area (Å²) in [5, 5.41) is 0.554. The number of carbonyl (C=O) groups excluding carboxylic acids is 1. The van der Waals surface area contributed by atoms with Crippen molar-refractivity contribution in [3.8, 4) is 0 Å². The summed E-state index contributed by atoms with van der Waals surface area (Å²) >= 11 is 5.93. The summed E-state index contributed by atoms with van der Waals surface area (Å²) in [6.45, 7) is 2.60. The molecule has 1 unspecified atom stereocenters. The van der Waals surface area contributed by atoms with E-state index in [0.717, 1.165) is 11.6 Å². The third-order valence-electron chi connectivity index (χ3n) is 5.03. The number of benzene rings is 2. The zero-order valence-corrected chi connectivity index (χ0v) is 17.7. The van der Waals surface area contributed by atoms with Gasteiger partial charge in [-0.2, -0.15) is 4.31 Å². The summed E-state index contributed by atoms with van der Waals surface area (Å²) in [6, 6.07) is 10.1. The molecule has 2 aromatic rings. The Balaban J connectivity index is 1.77. The van der Waals surface area contributed by atoms with Crippen molar-refractivity contribution in [3.05, 3.63) is 64.4 Å². The molecule has 0 radical (unpaired) electrons. The SMILES string of the molecule is COC(=O)C(c1ccc(Cl)cc1)N1CCN(S(=O)(=O)c2ccc(C)c(F)c2)CC1. The van der Waals surface area contributed by atoms with Crippen LogP contribution in [-0.4, -0.2) is 56.9 Å². The van der Waals surface area contributed by atoms with Crippen molar-refractivity contribution in [1.29, 1.82) is 0 Å². The molecule has 29 heavy (non-hydrogen) atoms. The Hall–Kier alpha value is -2.00. The smallest absolute Gasteiger partial charge is 0.327 e. The zero-order chi connectivity index (χ0) is 21.2. The lowest BCUT2D eigenvalue weighted by molar-refractivity contribution is -0.147. The average Bonchev–Trinajstić information content (AvgIpc) is 2.71. The lowest BCUT2D eigenvalue weighted by Crippen LogP contribution is -2.51. The molecule has 1 aliphatic heterocycles. The van der Waals surface area contributed by atoms with Crippen LogP contribution in [0.3, 0.4) is 0 Å². The molecule has 0 spiro atoms. The largest absolute Gasteiger partial charge is 0.468 e. The molecule has 0 aliphatic carbocycles. The van der Waals surface area contributed by atoms with Crippen molar-refractivity contribution in [2.24, 2.45) is 0 Å². The molecule has 0 bridgehead atoms. The number of esters is 1. The van der Waals surface area contributed by atoms with Crippen molar-refractivity contribution in [2.75, 3.05) is 33.3 Å². The molecule has 0 aromatic heterocycles. The highest BCUT2D eigenvalue weighted by Crippen LogP contribution is 2.27. The summed E-state index contributed by atoms with van der Waals surface area (Å²) < 4.78 is 45.8. The van der Waals surface area contributed by atoms with E-state index in [1.54, 1.807) is 31.2 Å². The molecule has 0 N–H and O–H groups in total. The molecule has 1 aliphatic rings. The van der Waals surface area contributed by atoms with Gasteiger partial charge in [0.05, 0.1) is 12.0 Å². The zero-order valence-electron chi connectivity index (χ0n) is 16.1. The Morgan fingerprint density at radius 3 is 2.28 bits per heavy atom. The van der Waals surface area contributed by atoms with Gasteiger partial charge in [-0.05, 0) is 42.3 Å². The van der Waals surface area contributed by atoms with Crippen molar-refractivity contribution in [3.63, 3.8) is 0 Å². The highest BCUT2D eigenvalue weighted by Gasteiger charge is 2.35. The number of carbonyl (C=O) groups is 1. The predicted octanol–water partition coefficient (Wildman–Crippen LogP) is 3.01. The van der Waals surface area contributed by atoms with Crippen LogP contribution in [0.4, 0.5) is 4.39 Å². The second kappa shape index (κ2) is 8.79. The molecule has 1 heterocycles. The molecule has 0 saturated carbocycles. The highest BCUT2D eigenvalue weighted by atomic mass is 35.5. The quantitative estimate of drug-likeness (QED) is 0.668. The van der Waals surface area contributed by atoms with Gasteiger partial charge >= 0.3 is 5.97 Å². The second-order valence-electron chi connectivity index (χ2n) is 6.83. The molecule has 2 aromatic carbocycles. The van der Waals surface area contributed by atoms with Crippen LogP contribution in [0.25, 0.3) is 0 Å². The Labute approximate surface area is 174 Å². The molecule has 1 fully saturated rings. The van der Waals surface area contributed by atoms with Crippen LogP contribution >= 0.6 is 11.6 Å². The van der Waals surface area contributed by atoms with Gasteiger partial charge in [-0.25, -0.2) is 17.6 Å². The van der Waals surface area contributed by atoms with E-state index in [1.165, 1.54) is 23.5 Å². The van der Waals surface area contributed by atoms with Crippen molar-refractivity contribution < 1.29 is 22.3 Å². The van der Waals surface area contributed by atoms with Crippen LogP contribution in [0.5, 0.6) is 0 Å². The molecular weight excluding hydrogens is 419 g/mol. The number of piperazine rings is 1. The van der Waals surface area contributed by atoms with Crippen molar-refractivity contribution in [1.82, 2.24) is 9.21 Å². The van der Waals surface area contributed by atoms with E-state index in [2.05, 4.69) is 0 Å². The molecule has 9 heteroatoms. The monoisotopic (exact) mass is 440 g/mol. The first-order chi connectivity index (χ1) is 13.7. The minimum atomic E-state index is -3.81. The molecule has 156 valence electrons. The van der Waals surface area contributed by atoms with E-state index < -0.39 is 27.9 Å². The summed E-state index contributed by atoms with van der Waals surface area (Å²) in [4.78, 5) is 14.2. The summed E-state index contributed by atoms with van der Waals surface area (Å²) in [5.41, 5.74) is 1.11. The van der Waals surface area contributed by atoms with Crippen LogP contribution in [0, 0.1) is 12.7 Å². The fourth-order valence-electron chi connectivity index (χ4n) is 3.34. The van der Waals surface area contributed by atoms with E-state index in [1.807, 2.05) is 4.90 Å². The first kappa shape index (κ1) is 21.7. The van der Waals surface area contributed by atoms with Crippen molar-refractivity contribution in [2.45, 2.75) is 17.9 Å². The molecule has 6 nitrogen and oxygen atoms in total. The van der Waals surface area contributed by atoms with Gasteiger partial charge in [0.25, 0.3) is 0 Å². The summed E-state index contributed by atoms with van der Waals surface area (Å²) in [5.74, 6) is -0.984. The number of hydrogen-bond donors (Lipinski definition) is 0. The third-order valence-corrected chi connectivity index (χ3v) is 7.18. The standard InChI is InChI=1S/C20H22ClFN2O4S/c1-14-3-8-17(13-18(14)22)29(26,27)24-11-9-23(10-12-24)19(20(25)28-2)15-4-6-16(21)7-5-15/h3-8,13,19H,9-12H2,1-2H3. The lowest BCUT2D eigenvalue weighted by Gasteiger charge is -2.37. The lowest BCUT2D eigenvalue weighted by atomic mass is 10.0. The van der Waals surface area contributed by atoms with Gasteiger partial charge in [-0.15, -0.1) is 0 Å². The highest BCUT2D eigenvalue weighted by molar-refractivity contribution is 7.89. The van der Waals surface area contributed by atoms with Gasteiger partial charge in [-0.3, -0.25) is 4.90 Å². The first-order valence-corrected chi connectivity index (χ1v) is 10.9. The molecule has 1 saturated heterocycles. The van der Waals surface area contributed by atoms with Crippen LogP contribution in [0.1, 0.15) is 17.2 Å².